The summed E-state index contributed by atoms with van der Waals surface area (Å²) >= 11 is 2.07. The second-order valence-corrected chi connectivity index (χ2v) is 6.90. The molecule has 0 radical (unpaired) electrons. The van der Waals surface area contributed by atoms with Crippen LogP contribution in [-0.4, -0.2) is 31.3 Å². The van der Waals surface area contributed by atoms with Crippen molar-refractivity contribution in [2.24, 2.45) is 5.73 Å². The summed E-state index contributed by atoms with van der Waals surface area (Å²) in [5, 5.41) is 0.716. The van der Waals surface area contributed by atoms with Crippen LogP contribution in [-0.2, 0) is 12.8 Å². The van der Waals surface area contributed by atoms with Gasteiger partial charge in [0.15, 0.2) is 0 Å². The minimum absolute atomic E-state index is 0.116. The summed E-state index contributed by atoms with van der Waals surface area (Å²) in [6, 6.07) is 4.34. The standard InChI is InChI=1S/C16H25NO2S/c1-11(17)7-12-9-16(19-3)13(10-15(12)18-2)8-14-5-4-6-20-14/h9-11,14H,4-8,17H2,1-3H3/t11?,14-/m1/s1. The van der Waals surface area contributed by atoms with Crippen molar-refractivity contribution in [3.8, 4) is 11.5 Å². The topological polar surface area (TPSA) is 44.5 Å². The van der Waals surface area contributed by atoms with E-state index in [0.717, 1.165) is 29.9 Å². The zero-order valence-electron chi connectivity index (χ0n) is 12.6. The van der Waals surface area contributed by atoms with Crippen LogP contribution < -0.4 is 15.2 Å². The van der Waals surface area contributed by atoms with Gasteiger partial charge in [-0.1, -0.05) is 0 Å². The molecule has 1 saturated heterocycles. The van der Waals surface area contributed by atoms with E-state index in [-0.39, 0.29) is 6.04 Å². The second-order valence-electron chi connectivity index (χ2n) is 5.50. The van der Waals surface area contributed by atoms with Gasteiger partial charge in [0.2, 0.25) is 0 Å². The van der Waals surface area contributed by atoms with Gasteiger partial charge in [0, 0.05) is 11.3 Å². The zero-order chi connectivity index (χ0) is 14.5. The third kappa shape index (κ3) is 3.83. The van der Waals surface area contributed by atoms with E-state index in [9.17, 15) is 0 Å². The van der Waals surface area contributed by atoms with Crippen LogP contribution in [0, 0.1) is 0 Å². The van der Waals surface area contributed by atoms with Crippen LogP contribution in [0.5, 0.6) is 11.5 Å². The highest BCUT2D eigenvalue weighted by atomic mass is 32.2. The van der Waals surface area contributed by atoms with E-state index in [1.165, 1.54) is 24.2 Å². The molecule has 0 amide bonds. The molecule has 0 spiro atoms. The number of nitrogens with two attached hydrogens (primary N) is 1. The Balaban J connectivity index is 2.25. The lowest BCUT2D eigenvalue weighted by molar-refractivity contribution is 0.393. The Morgan fingerprint density at radius 3 is 2.45 bits per heavy atom. The number of thioether (sulfide) groups is 1. The molecule has 1 heterocycles. The number of methoxy groups -OCH3 is 2. The summed E-state index contributed by atoms with van der Waals surface area (Å²) in [5.41, 5.74) is 8.28. The van der Waals surface area contributed by atoms with Crippen molar-refractivity contribution in [3.63, 3.8) is 0 Å². The van der Waals surface area contributed by atoms with E-state index >= 15 is 0 Å². The van der Waals surface area contributed by atoms with Crippen LogP contribution in [0.1, 0.15) is 30.9 Å². The average molecular weight is 295 g/mol. The zero-order valence-corrected chi connectivity index (χ0v) is 13.5. The van der Waals surface area contributed by atoms with Crippen LogP contribution in [0.4, 0.5) is 0 Å². The van der Waals surface area contributed by atoms with Crippen molar-refractivity contribution in [3.05, 3.63) is 23.3 Å². The van der Waals surface area contributed by atoms with Gasteiger partial charge in [0.25, 0.3) is 0 Å². The summed E-state index contributed by atoms with van der Waals surface area (Å²) in [6.07, 6.45) is 4.50. The van der Waals surface area contributed by atoms with E-state index in [2.05, 4.69) is 23.9 Å². The molecule has 112 valence electrons. The lowest BCUT2D eigenvalue weighted by Crippen LogP contribution is -2.18. The first kappa shape index (κ1) is 15.5. The maximum absolute atomic E-state index is 5.91. The summed E-state index contributed by atoms with van der Waals surface area (Å²) in [7, 11) is 3.46. The van der Waals surface area contributed by atoms with E-state index in [4.69, 9.17) is 15.2 Å². The average Bonchev–Trinajstić information content (AvgIpc) is 2.92. The molecule has 1 aliphatic rings. The summed E-state index contributed by atoms with van der Waals surface area (Å²) < 4.78 is 11.1. The summed E-state index contributed by atoms with van der Waals surface area (Å²) in [6.45, 7) is 2.01. The predicted octanol–water partition coefficient (Wildman–Crippen LogP) is 3.03. The molecule has 2 N–H and O–H groups in total. The van der Waals surface area contributed by atoms with Gasteiger partial charge in [-0.15, -0.1) is 0 Å². The number of hydrogen-bond donors (Lipinski definition) is 1. The molecule has 20 heavy (non-hydrogen) atoms. The third-order valence-corrected chi connectivity index (χ3v) is 5.10. The lowest BCUT2D eigenvalue weighted by atomic mass is 9.99. The molecular formula is C16H25NO2S. The van der Waals surface area contributed by atoms with Crippen LogP contribution in [0.15, 0.2) is 12.1 Å². The maximum atomic E-state index is 5.91. The first-order valence-corrected chi connectivity index (χ1v) is 8.30. The summed E-state index contributed by atoms with van der Waals surface area (Å²) in [4.78, 5) is 0. The molecule has 0 aromatic heterocycles. The smallest absolute Gasteiger partial charge is 0.122 e. The molecule has 3 nitrogen and oxygen atoms in total. The SMILES string of the molecule is COc1cc(C[C@H]2CCCS2)c(OC)cc1CC(C)N. The first-order valence-electron chi connectivity index (χ1n) is 7.25. The third-order valence-electron chi connectivity index (χ3n) is 3.70. The maximum Gasteiger partial charge on any atom is 0.122 e. The molecule has 4 heteroatoms. The van der Waals surface area contributed by atoms with Gasteiger partial charge in [0.1, 0.15) is 11.5 Å². The Morgan fingerprint density at radius 2 is 1.90 bits per heavy atom. The highest BCUT2D eigenvalue weighted by molar-refractivity contribution is 8.00. The fourth-order valence-electron chi connectivity index (χ4n) is 2.74. The van der Waals surface area contributed by atoms with Crippen molar-refractivity contribution in [1.29, 1.82) is 0 Å². The fraction of sp³-hybridized carbons (Fsp3) is 0.625. The van der Waals surface area contributed by atoms with E-state index in [0.29, 0.717) is 5.25 Å². The summed E-state index contributed by atoms with van der Waals surface area (Å²) in [5.74, 6) is 3.18. The van der Waals surface area contributed by atoms with Gasteiger partial charge < -0.3 is 15.2 Å². The van der Waals surface area contributed by atoms with Gasteiger partial charge >= 0.3 is 0 Å². The van der Waals surface area contributed by atoms with Crippen LogP contribution >= 0.6 is 11.8 Å². The first-order chi connectivity index (χ1) is 9.63. The Labute approximate surface area is 126 Å². The fourth-order valence-corrected chi connectivity index (χ4v) is 4.04. The van der Waals surface area contributed by atoms with Crippen molar-refractivity contribution >= 4 is 11.8 Å². The Morgan fingerprint density at radius 1 is 1.25 bits per heavy atom. The number of benzene rings is 1. The second kappa shape index (κ2) is 7.23. The largest absolute Gasteiger partial charge is 0.496 e. The number of hydrogen-bond acceptors (Lipinski definition) is 4. The van der Waals surface area contributed by atoms with Crippen molar-refractivity contribution in [2.45, 2.75) is 43.9 Å². The van der Waals surface area contributed by atoms with Crippen molar-refractivity contribution < 1.29 is 9.47 Å². The molecule has 2 rings (SSSR count). The monoisotopic (exact) mass is 295 g/mol. The molecule has 0 bridgehead atoms. The highest BCUT2D eigenvalue weighted by Gasteiger charge is 2.20. The van der Waals surface area contributed by atoms with Crippen LogP contribution in [0.3, 0.4) is 0 Å². The Bertz CT molecular complexity index is 442. The van der Waals surface area contributed by atoms with E-state index in [1.54, 1.807) is 14.2 Å². The minimum atomic E-state index is 0.116. The van der Waals surface area contributed by atoms with Crippen molar-refractivity contribution in [1.82, 2.24) is 0 Å². The molecule has 0 saturated carbocycles. The molecule has 1 aromatic carbocycles. The van der Waals surface area contributed by atoms with Crippen LogP contribution in [0.2, 0.25) is 0 Å². The van der Waals surface area contributed by atoms with Gasteiger partial charge in [-0.25, -0.2) is 0 Å². The van der Waals surface area contributed by atoms with Crippen molar-refractivity contribution in [2.75, 3.05) is 20.0 Å². The van der Waals surface area contributed by atoms with E-state index < -0.39 is 0 Å². The predicted molar refractivity (Wildman–Crippen MR) is 86.1 cm³/mol. The minimum Gasteiger partial charge on any atom is -0.496 e. The molecule has 1 fully saturated rings. The highest BCUT2D eigenvalue weighted by Crippen LogP contribution is 2.35. The number of ether oxygens (including phenoxy) is 2. The van der Waals surface area contributed by atoms with Gasteiger partial charge in [-0.05, 0) is 61.6 Å². The van der Waals surface area contributed by atoms with E-state index in [1.807, 2.05) is 6.92 Å². The molecular weight excluding hydrogens is 270 g/mol. The van der Waals surface area contributed by atoms with Crippen LogP contribution in [0.25, 0.3) is 0 Å². The lowest BCUT2D eigenvalue weighted by Gasteiger charge is -2.17. The Kier molecular flexibility index (Phi) is 5.61. The van der Waals surface area contributed by atoms with Gasteiger partial charge in [0.05, 0.1) is 14.2 Å². The Hall–Kier alpha value is -0.870. The molecule has 1 aromatic rings. The quantitative estimate of drug-likeness (QED) is 0.876. The molecule has 2 atom stereocenters. The molecule has 0 aliphatic carbocycles. The van der Waals surface area contributed by atoms with Gasteiger partial charge in [-0.3, -0.25) is 0 Å². The molecule has 1 unspecified atom stereocenters. The number of rotatable bonds is 6. The molecule has 1 aliphatic heterocycles. The normalized spacial score (nSPS) is 19.9. The van der Waals surface area contributed by atoms with Gasteiger partial charge in [-0.2, -0.15) is 11.8 Å².